The highest BCUT2D eigenvalue weighted by Crippen LogP contribution is 2.24. The van der Waals surface area contributed by atoms with Gasteiger partial charge in [-0.3, -0.25) is 4.79 Å². The van der Waals surface area contributed by atoms with E-state index in [0.29, 0.717) is 17.7 Å². The first-order valence-electron chi connectivity index (χ1n) is 4.41. The fourth-order valence-corrected chi connectivity index (χ4v) is 1.79. The lowest BCUT2D eigenvalue weighted by Gasteiger charge is -2.26. The van der Waals surface area contributed by atoms with Gasteiger partial charge in [-0.2, -0.15) is 0 Å². The maximum absolute atomic E-state index is 11.0. The van der Waals surface area contributed by atoms with E-state index in [0.717, 1.165) is 12.8 Å². The number of hydrogen-bond acceptors (Lipinski definition) is 2. The minimum absolute atomic E-state index is 0.361. The molecule has 0 aliphatic heterocycles. The fraction of sp³-hybridized carbons (Fsp3) is 0.889. The van der Waals surface area contributed by atoms with Crippen molar-refractivity contribution in [3.05, 3.63) is 0 Å². The quantitative estimate of drug-likeness (QED) is 0.652. The van der Waals surface area contributed by atoms with Gasteiger partial charge in [0.05, 0.1) is 0 Å². The Hall–Kier alpha value is -0.370. The standard InChI is InChI=1S/C9H17NO/c1-7(11)8-3-5-9(10-2)6-4-8/h8-10H,3-6H2,1-2H3. The van der Waals surface area contributed by atoms with E-state index in [1.54, 1.807) is 6.92 Å². The number of nitrogens with one attached hydrogen (secondary N) is 1. The summed E-state index contributed by atoms with van der Waals surface area (Å²) < 4.78 is 0. The van der Waals surface area contributed by atoms with Gasteiger partial charge < -0.3 is 5.32 Å². The molecule has 1 rings (SSSR count). The van der Waals surface area contributed by atoms with Gasteiger partial charge in [-0.1, -0.05) is 0 Å². The molecule has 0 saturated heterocycles. The lowest BCUT2D eigenvalue weighted by Crippen LogP contribution is -2.31. The van der Waals surface area contributed by atoms with Gasteiger partial charge >= 0.3 is 0 Å². The third-order valence-corrected chi connectivity index (χ3v) is 2.71. The Morgan fingerprint density at radius 2 is 1.82 bits per heavy atom. The van der Waals surface area contributed by atoms with E-state index in [-0.39, 0.29) is 0 Å². The average molecular weight is 155 g/mol. The minimum atomic E-state index is 0.361. The maximum atomic E-state index is 11.0. The molecule has 0 unspecified atom stereocenters. The third kappa shape index (κ3) is 2.29. The highest BCUT2D eigenvalue weighted by molar-refractivity contribution is 5.78. The lowest BCUT2D eigenvalue weighted by molar-refractivity contribution is -0.121. The molecule has 2 nitrogen and oxygen atoms in total. The van der Waals surface area contributed by atoms with E-state index < -0.39 is 0 Å². The Labute approximate surface area is 68.4 Å². The SMILES string of the molecule is CNC1CCC(C(C)=O)CC1. The molecule has 1 aliphatic carbocycles. The second kappa shape index (κ2) is 3.86. The van der Waals surface area contributed by atoms with Crippen molar-refractivity contribution in [1.82, 2.24) is 5.32 Å². The smallest absolute Gasteiger partial charge is 0.132 e. The second-order valence-electron chi connectivity index (χ2n) is 3.45. The zero-order valence-corrected chi connectivity index (χ0v) is 7.39. The molecule has 0 aromatic carbocycles. The Morgan fingerprint density at radius 1 is 1.27 bits per heavy atom. The van der Waals surface area contributed by atoms with Gasteiger partial charge in [0.1, 0.15) is 5.78 Å². The Balaban J connectivity index is 2.30. The Bertz CT molecular complexity index is 136. The second-order valence-corrected chi connectivity index (χ2v) is 3.45. The molecular formula is C9H17NO. The number of ketones is 1. The summed E-state index contributed by atoms with van der Waals surface area (Å²) in [5.74, 6) is 0.735. The Kier molecular flexibility index (Phi) is 3.06. The van der Waals surface area contributed by atoms with Crippen LogP contribution in [-0.4, -0.2) is 18.9 Å². The molecule has 1 fully saturated rings. The molecule has 0 aromatic heterocycles. The van der Waals surface area contributed by atoms with Crippen LogP contribution in [0.3, 0.4) is 0 Å². The number of Topliss-reactive ketones (excluding diaryl/α,β-unsaturated/α-hetero) is 1. The van der Waals surface area contributed by atoms with Gasteiger partial charge in [-0.05, 0) is 39.7 Å². The van der Waals surface area contributed by atoms with E-state index in [1.807, 2.05) is 7.05 Å². The van der Waals surface area contributed by atoms with Crippen molar-refractivity contribution in [3.8, 4) is 0 Å². The van der Waals surface area contributed by atoms with Crippen molar-refractivity contribution in [3.63, 3.8) is 0 Å². The van der Waals surface area contributed by atoms with Crippen molar-refractivity contribution in [2.45, 2.75) is 38.6 Å². The topological polar surface area (TPSA) is 29.1 Å². The van der Waals surface area contributed by atoms with E-state index in [1.165, 1.54) is 12.8 Å². The summed E-state index contributed by atoms with van der Waals surface area (Å²) >= 11 is 0. The molecule has 64 valence electrons. The van der Waals surface area contributed by atoms with Crippen molar-refractivity contribution >= 4 is 5.78 Å². The van der Waals surface area contributed by atoms with Gasteiger partial charge in [0.15, 0.2) is 0 Å². The number of carbonyl (C=O) groups is 1. The van der Waals surface area contributed by atoms with Crippen LogP contribution in [0.25, 0.3) is 0 Å². The molecule has 1 aliphatic rings. The number of carbonyl (C=O) groups excluding carboxylic acids is 1. The highest BCUT2D eigenvalue weighted by atomic mass is 16.1. The highest BCUT2D eigenvalue weighted by Gasteiger charge is 2.22. The minimum Gasteiger partial charge on any atom is -0.317 e. The summed E-state index contributed by atoms with van der Waals surface area (Å²) in [5.41, 5.74) is 0. The first-order chi connectivity index (χ1) is 5.24. The molecular weight excluding hydrogens is 138 g/mol. The molecule has 2 heteroatoms. The average Bonchev–Trinajstić information content (AvgIpc) is 2.05. The first kappa shape index (κ1) is 8.72. The largest absolute Gasteiger partial charge is 0.317 e. The van der Waals surface area contributed by atoms with Gasteiger partial charge in [0, 0.05) is 12.0 Å². The van der Waals surface area contributed by atoms with Crippen molar-refractivity contribution < 1.29 is 4.79 Å². The van der Waals surface area contributed by atoms with Crippen LogP contribution in [0.2, 0.25) is 0 Å². The summed E-state index contributed by atoms with van der Waals surface area (Å²) in [6, 6.07) is 0.658. The summed E-state index contributed by atoms with van der Waals surface area (Å²) in [5, 5.41) is 3.25. The summed E-state index contributed by atoms with van der Waals surface area (Å²) in [4.78, 5) is 11.0. The molecule has 0 bridgehead atoms. The molecule has 1 saturated carbocycles. The van der Waals surface area contributed by atoms with Crippen LogP contribution in [0.15, 0.2) is 0 Å². The zero-order valence-electron chi connectivity index (χ0n) is 7.39. The van der Waals surface area contributed by atoms with Crippen LogP contribution in [0.1, 0.15) is 32.6 Å². The molecule has 1 N–H and O–H groups in total. The first-order valence-corrected chi connectivity index (χ1v) is 4.41. The predicted octanol–water partition coefficient (Wildman–Crippen LogP) is 1.35. The van der Waals surface area contributed by atoms with Crippen LogP contribution in [-0.2, 0) is 4.79 Å². The van der Waals surface area contributed by atoms with Crippen LogP contribution in [0, 0.1) is 5.92 Å². The van der Waals surface area contributed by atoms with Crippen LogP contribution < -0.4 is 5.32 Å². The molecule has 11 heavy (non-hydrogen) atoms. The van der Waals surface area contributed by atoms with E-state index >= 15 is 0 Å². The van der Waals surface area contributed by atoms with E-state index in [2.05, 4.69) is 5.32 Å². The van der Waals surface area contributed by atoms with Gasteiger partial charge in [-0.15, -0.1) is 0 Å². The third-order valence-electron chi connectivity index (χ3n) is 2.71. The lowest BCUT2D eigenvalue weighted by atomic mass is 9.84. The van der Waals surface area contributed by atoms with Crippen LogP contribution in [0.4, 0.5) is 0 Å². The van der Waals surface area contributed by atoms with Gasteiger partial charge in [0.2, 0.25) is 0 Å². The van der Waals surface area contributed by atoms with Crippen molar-refractivity contribution in [2.24, 2.45) is 5.92 Å². The zero-order chi connectivity index (χ0) is 8.27. The molecule has 0 heterocycles. The monoisotopic (exact) mass is 155 g/mol. The van der Waals surface area contributed by atoms with Crippen molar-refractivity contribution in [1.29, 1.82) is 0 Å². The summed E-state index contributed by atoms with van der Waals surface area (Å²) in [6.07, 6.45) is 4.50. The van der Waals surface area contributed by atoms with Crippen LogP contribution in [0.5, 0.6) is 0 Å². The molecule has 0 atom stereocenters. The predicted molar refractivity (Wildman–Crippen MR) is 45.5 cm³/mol. The molecule has 0 spiro atoms. The molecule has 0 radical (unpaired) electrons. The molecule has 0 amide bonds. The van der Waals surface area contributed by atoms with Crippen molar-refractivity contribution in [2.75, 3.05) is 7.05 Å². The molecule has 0 aromatic rings. The normalized spacial score (nSPS) is 31.8. The van der Waals surface area contributed by atoms with E-state index in [9.17, 15) is 4.79 Å². The van der Waals surface area contributed by atoms with Gasteiger partial charge in [-0.25, -0.2) is 0 Å². The maximum Gasteiger partial charge on any atom is 0.132 e. The van der Waals surface area contributed by atoms with Crippen LogP contribution >= 0.6 is 0 Å². The fourth-order valence-electron chi connectivity index (χ4n) is 1.79. The summed E-state index contributed by atoms with van der Waals surface area (Å²) in [6.45, 7) is 1.71. The van der Waals surface area contributed by atoms with Gasteiger partial charge in [0.25, 0.3) is 0 Å². The summed E-state index contributed by atoms with van der Waals surface area (Å²) in [7, 11) is 2.00. The number of hydrogen-bond donors (Lipinski definition) is 1. The number of rotatable bonds is 2. The van der Waals surface area contributed by atoms with E-state index in [4.69, 9.17) is 0 Å². The Morgan fingerprint density at radius 3 is 2.18 bits per heavy atom.